The van der Waals surface area contributed by atoms with Crippen molar-refractivity contribution in [1.29, 1.82) is 0 Å². The molecule has 0 aromatic carbocycles. The van der Waals surface area contributed by atoms with Gasteiger partial charge >= 0.3 is 0 Å². The molecule has 0 spiro atoms. The Morgan fingerprint density at radius 3 is 2.61 bits per heavy atom. The van der Waals surface area contributed by atoms with E-state index < -0.39 is 10.0 Å². The van der Waals surface area contributed by atoms with Crippen LogP contribution in [0.3, 0.4) is 0 Å². The van der Waals surface area contributed by atoms with E-state index in [1.165, 1.54) is 0 Å². The van der Waals surface area contributed by atoms with Gasteiger partial charge < -0.3 is 10.1 Å². The molecule has 6 heteroatoms. The maximum atomic E-state index is 11.8. The van der Waals surface area contributed by atoms with Crippen LogP contribution >= 0.6 is 0 Å². The van der Waals surface area contributed by atoms with E-state index in [1.54, 1.807) is 7.11 Å². The van der Waals surface area contributed by atoms with Crippen molar-refractivity contribution in [3.8, 4) is 0 Å². The Balaban J connectivity index is 2.11. The molecule has 1 rings (SSSR count). The molecular weight excluding hydrogens is 252 g/mol. The van der Waals surface area contributed by atoms with Crippen molar-refractivity contribution in [2.75, 3.05) is 39.1 Å². The Hall–Kier alpha value is -0.170. The number of methoxy groups -OCH3 is 1. The molecule has 0 aromatic heterocycles. The number of unbranched alkanes of at least 4 members (excludes halogenated alkanes) is 2. The molecule has 0 unspecified atom stereocenters. The third kappa shape index (κ3) is 7.31. The van der Waals surface area contributed by atoms with Crippen molar-refractivity contribution in [2.24, 2.45) is 5.92 Å². The molecular formula is C12H26N2O3S. The predicted molar refractivity (Wildman–Crippen MR) is 73.1 cm³/mol. The zero-order valence-electron chi connectivity index (χ0n) is 11.3. The summed E-state index contributed by atoms with van der Waals surface area (Å²) in [5.41, 5.74) is 0. The minimum Gasteiger partial charge on any atom is -0.385 e. The van der Waals surface area contributed by atoms with Crippen molar-refractivity contribution in [3.63, 3.8) is 0 Å². The summed E-state index contributed by atoms with van der Waals surface area (Å²) in [7, 11) is -1.40. The van der Waals surface area contributed by atoms with Crippen LogP contribution in [0.2, 0.25) is 0 Å². The monoisotopic (exact) mass is 278 g/mol. The van der Waals surface area contributed by atoms with Crippen LogP contribution in [0.5, 0.6) is 0 Å². The summed E-state index contributed by atoms with van der Waals surface area (Å²) < 4.78 is 31.3. The first-order valence-electron chi connectivity index (χ1n) is 6.81. The zero-order chi connectivity index (χ0) is 13.3. The Morgan fingerprint density at radius 2 is 1.94 bits per heavy atom. The van der Waals surface area contributed by atoms with E-state index in [4.69, 9.17) is 4.74 Å². The van der Waals surface area contributed by atoms with E-state index in [2.05, 4.69) is 10.0 Å². The second-order valence-electron chi connectivity index (χ2n) is 4.92. The summed E-state index contributed by atoms with van der Waals surface area (Å²) >= 11 is 0. The number of nitrogens with one attached hydrogen (secondary N) is 2. The van der Waals surface area contributed by atoms with Gasteiger partial charge in [-0.2, -0.15) is 0 Å². The van der Waals surface area contributed by atoms with Crippen molar-refractivity contribution in [1.82, 2.24) is 10.0 Å². The zero-order valence-corrected chi connectivity index (χ0v) is 12.1. The van der Waals surface area contributed by atoms with E-state index in [-0.39, 0.29) is 5.75 Å². The maximum Gasteiger partial charge on any atom is 0.211 e. The van der Waals surface area contributed by atoms with Gasteiger partial charge in [0.15, 0.2) is 0 Å². The van der Waals surface area contributed by atoms with Crippen LogP contribution in [0, 0.1) is 5.92 Å². The Labute approximate surface area is 111 Å². The standard InChI is InChI=1S/C12H26N2O3S/c1-17-10-4-2-3-7-14-18(15,16)11-12-5-8-13-9-6-12/h12-14H,2-11H2,1H3. The van der Waals surface area contributed by atoms with E-state index in [0.717, 1.165) is 51.8 Å². The Bertz CT molecular complexity index is 300. The van der Waals surface area contributed by atoms with Crippen LogP contribution in [0.25, 0.3) is 0 Å². The number of hydrogen-bond donors (Lipinski definition) is 2. The normalized spacial score (nSPS) is 18.1. The summed E-state index contributed by atoms with van der Waals surface area (Å²) in [5.74, 6) is 0.601. The van der Waals surface area contributed by atoms with Crippen LogP contribution in [-0.2, 0) is 14.8 Å². The lowest BCUT2D eigenvalue weighted by molar-refractivity contribution is 0.192. The summed E-state index contributed by atoms with van der Waals surface area (Å²) in [6.07, 6.45) is 4.81. The molecule has 108 valence electrons. The smallest absolute Gasteiger partial charge is 0.211 e. The summed E-state index contributed by atoms with van der Waals surface area (Å²) in [5, 5.41) is 3.25. The summed E-state index contributed by atoms with van der Waals surface area (Å²) in [6, 6.07) is 0. The molecule has 1 aliphatic rings. The predicted octanol–water partition coefficient (Wildman–Crippen LogP) is 0.722. The topological polar surface area (TPSA) is 67.4 Å². The van der Waals surface area contributed by atoms with Crippen molar-refractivity contribution in [3.05, 3.63) is 0 Å². The lowest BCUT2D eigenvalue weighted by Crippen LogP contribution is -2.35. The first-order valence-corrected chi connectivity index (χ1v) is 8.46. The molecule has 1 fully saturated rings. The second kappa shape index (κ2) is 8.85. The number of piperidine rings is 1. The maximum absolute atomic E-state index is 11.8. The van der Waals surface area contributed by atoms with Crippen LogP contribution in [0.1, 0.15) is 32.1 Å². The van der Waals surface area contributed by atoms with Gasteiger partial charge in [-0.3, -0.25) is 0 Å². The van der Waals surface area contributed by atoms with Gasteiger partial charge in [-0.1, -0.05) is 0 Å². The van der Waals surface area contributed by atoms with Crippen LogP contribution in [0.15, 0.2) is 0 Å². The summed E-state index contributed by atoms with van der Waals surface area (Å²) in [6.45, 7) is 3.19. The highest BCUT2D eigenvalue weighted by Crippen LogP contribution is 2.13. The lowest BCUT2D eigenvalue weighted by Gasteiger charge is -2.22. The van der Waals surface area contributed by atoms with E-state index in [0.29, 0.717) is 12.5 Å². The Kier molecular flexibility index (Phi) is 7.81. The molecule has 1 saturated heterocycles. The van der Waals surface area contributed by atoms with Crippen molar-refractivity contribution in [2.45, 2.75) is 32.1 Å². The average molecular weight is 278 g/mol. The highest BCUT2D eigenvalue weighted by Gasteiger charge is 2.20. The molecule has 2 N–H and O–H groups in total. The third-order valence-electron chi connectivity index (χ3n) is 3.26. The molecule has 0 atom stereocenters. The van der Waals surface area contributed by atoms with E-state index >= 15 is 0 Å². The van der Waals surface area contributed by atoms with E-state index in [9.17, 15) is 8.42 Å². The molecule has 0 aromatic rings. The largest absolute Gasteiger partial charge is 0.385 e. The molecule has 0 bridgehead atoms. The molecule has 0 saturated carbocycles. The fraction of sp³-hybridized carbons (Fsp3) is 1.00. The minimum atomic E-state index is -3.08. The van der Waals surface area contributed by atoms with Gasteiger partial charge in [-0.15, -0.1) is 0 Å². The van der Waals surface area contributed by atoms with Gasteiger partial charge in [0.05, 0.1) is 5.75 Å². The van der Waals surface area contributed by atoms with Crippen LogP contribution in [0.4, 0.5) is 0 Å². The van der Waals surface area contributed by atoms with Gasteiger partial charge in [-0.05, 0) is 51.1 Å². The fourth-order valence-electron chi connectivity index (χ4n) is 2.19. The molecule has 18 heavy (non-hydrogen) atoms. The number of hydrogen-bond acceptors (Lipinski definition) is 4. The van der Waals surface area contributed by atoms with Crippen molar-refractivity contribution < 1.29 is 13.2 Å². The van der Waals surface area contributed by atoms with Crippen molar-refractivity contribution >= 4 is 10.0 Å². The van der Waals surface area contributed by atoms with Gasteiger partial charge in [-0.25, -0.2) is 13.1 Å². The first-order chi connectivity index (χ1) is 8.64. The molecule has 1 aliphatic heterocycles. The first kappa shape index (κ1) is 15.9. The fourth-order valence-corrected chi connectivity index (χ4v) is 3.72. The molecule has 0 radical (unpaired) electrons. The Morgan fingerprint density at radius 1 is 1.22 bits per heavy atom. The van der Waals surface area contributed by atoms with Gasteiger partial charge in [0, 0.05) is 20.3 Å². The lowest BCUT2D eigenvalue weighted by atomic mass is 10.0. The number of sulfonamides is 1. The highest BCUT2D eigenvalue weighted by atomic mass is 32.2. The SMILES string of the molecule is COCCCCCNS(=O)(=O)CC1CCNCC1. The van der Waals surface area contributed by atoms with E-state index in [1.807, 2.05) is 0 Å². The van der Waals surface area contributed by atoms with Gasteiger partial charge in [0.1, 0.15) is 0 Å². The number of ether oxygens (including phenoxy) is 1. The quantitative estimate of drug-likeness (QED) is 0.610. The van der Waals surface area contributed by atoms with Gasteiger partial charge in [0.2, 0.25) is 10.0 Å². The number of rotatable bonds is 9. The minimum absolute atomic E-state index is 0.284. The average Bonchev–Trinajstić information content (AvgIpc) is 2.34. The van der Waals surface area contributed by atoms with Crippen LogP contribution < -0.4 is 10.0 Å². The van der Waals surface area contributed by atoms with Gasteiger partial charge in [0.25, 0.3) is 0 Å². The molecule has 0 amide bonds. The molecule has 0 aliphatic carbocycles. The summed E-state index contributed by atoms with van der Waals surface area (Å²) in [4.78, 5) is 0. The van der Waals surface area contributed by atoms with Crippen LogP contribution in [-0.4, -0.2) is 47.5 Å². The third-order valence-corrected chi connectivity index (χ3v) is 4.82. The molecule has 5 nitrogen and oxygen atoms in total. The second-order valence-corrected chi connectivity index (χ2v) is 6.77. The highest BCUT2D eigenvalue weighted by molar-refractivity contribution is 7.89. The molecule has 1 heterocycles.